The third kappa shape index (κ3) is 3.83. The molecule has 10 fully saturated rings. The highest BCUT2D eigenvalue weighted by atomic mass is 17.3. The zero-order valence-corrected chi connectivity index (χ0v) is 21.1. The Morgan fingerprint density at radius 2 is 0.694 bits per heavy atom. The lowest BCUT2D eigenvalue weighted by Gasteiger charge is -2.58. The van der Waals surface area contributed by atoms with Gasteiger partial charge in [0.2, 0.25) is 11.6 Å². The lowest BCUT2D eigenvalue weighted by molar-refractivity contribution is -0.575. The predicted molar refractivity (Wildman–Crippen MR) is 121 cm³/mol. The summed E-state index contributed by atoms with van der Waals surface area (Å²) >= 11 is 0. The van der Waals surface area contributed by atoms with Crippen molar-refractivity contribution in [1.29, 1.82) is 0 Å². The fraction of sp³-hybridized carbons (Fsp3) is 1.00. The molecule has 0 radical (unpaired) electrons. The van der Waals surface area contributed by atoms with Crippen LogP contribution in [-0.4, -0.2) is 61.4 Å². The lowest BCUT2D eigenvalue weighted by atomic mass is 9.53. The van der Waals surface area contributed by atoms with Crippen LogP contribution in [0, 0.1) is 47.3 Å². The molecule has 0 aromatic carbocycles. The molecule has 10 aliphatic rings. The van der Waals surface area contributed by atoms with Gasteiger partial charge in [0.15, 0.2) is 0 Å². The predicted octanol–water partition coefficient (Wildman–Crippen LogP) is 3.55. The Kier molecular flexibility index (Phi) is 5.92. The van der Waals surface area contributed by atoms with Gasteiger partial charge in [0.1, 0.15) is 26.9 Å². The van der Waals surface area contributed by atoms with Crippen molar-refractivity contribution in [3.05, 3.63) is 0 Å². The molecule has 202 valence electrons. The number of hydrogen-bond acceptors (Lipinski definition) is 10. The molecule has 10 heteroatoms. The average molecular weight is 509 g/mol. The summed E-state index contributed by atoms with van der Waals surface area (Å²) in [5.74, 6) is 3.30. The molecular weight excluding hydrogens is 468 g/mol. The zero-order valence-electron chi connectivity index (χ0n) is 21.1. The Labute approximate surface area is 212 Å². The highest BCUT2D eigenvalue weighted by Gasteiger charge is 2.63. The molecule has 0 aromatic heterocycles. The quantitative estimate of drug-likeness (QED) is 0.528. The number of hydrogen-bond donors (Lipinski definition) is 0. The maximum atomic E-state index is 6.02. The van der Waals surface area contributed by atoms with Crippen molar-refractivity contribution in [2.75, 3.05) is 40.0 Å². The minimum Gasteiger partial charge on any atom is -0.251 e. The van der Waals surface area contributed by atoms with Crippen LogP contribution >= 0.6 is 0 Å². The Bertz CT molecular complexity index is 682. The lowest BCUT2D eigenvalue weighted by Crippen LogP contribution is -2.61. The largest absolute Gasteiger partial charge is 0.251 e. The maximum absolute atomic E-state index is 6.02. The fourth-order valence-corrected chi connectivity index (χ4v) is 9.64. The van der Waals surface area contributed by atoms with E-state index in [1.54, 1.807) is 0 Å². The molecule has 8 aliphatic carbocycles. The molecule has 8 bridgehead atoms. The summed E-state index contributed by atoms with van der Waals surface area (Å²) in [5.41, 5.74) is 0. The van der Waals surface area contributed by atoms with Crippen LogP contribution in [0.2, 0.25) is 0 Å². The van der Waals surface area contributed by atoms with Crippen LogP contribution in [-0.2, 0) is 39.1 Å². The maximum Gasteiger partial charge on any atom is 0.239 e. The highest BCUT2D eigenvalue weighted by Crippen LogP contribution is 2.61. The van der Waals surface area contributed by atoms with E-state index < -0.39 is 11.6 Å². The molecule has 0 unspecified atom stereocenters. The molecule has 8 saturated carbocycles. The molecule has 0 amide bonds. The van der Waals surface area contributed by atoms with Crippen LogP contribution in [0.4, 0.5) is 0 Å². The molecule has 2 heterocycles. The van der Waals surface area contributed by atoms with Crippen LogP contribution in [0.3, 0.4) is 0 Å². The van der Waals surface area contributed by atoms with Gasteiger partial charge in [-0.15, -0.1) is 0 Å². The minimum atomic E-state index is -0.729. The van der Waals surface area contributed by atoms with Gasteiger partial charge in [-0.25, -0.2) is 19.6 Å². The Morgan fingerprint density at radius 3 is 0.972 bits per heavy atom. The molecule has 0 atom stereocenters. The van der Waals surface area contributed by atoms with E-state index in [2.05, 4.69) is 0 Å². The second-order valence-corrected chi connectivity index (χ2v) is 13.2. The monoisotopic (exact) mass is 508 g/mol. The minimum absolute atomic E-state index is 0.328. The first-order chi connectivity index (χ1) is 17.7. The van der Waals surface area contributed by atoms with Gasteiger partial charge in [-0.05, 0) is 87.9 Å². The summed E-state index contributed by atoms with van der Waals surface area (Å²) in [5, 5.41) is 0. The van der Waals surface area contributed by atoms with Crippen molar-refractivity contribution in [2.24, 2.45) is 47.3 Å². The van der Waals surface area contributed by atoms with Crippen molar-refractivity contribution in [1.82, 2.24) is 9.80 Å². The van der Waals surface area contributed by atoms with Crippen LogP contribution in [0.5, 0.6) is 0 Å². The third-order valence-electron chi connectivity index (χ3n) is 11.0. The van der Waals surface area contributed by atoms with Gasteiger partial charge < -0.3 is 0 Å². The van der Waals surface area contributed by atoms with Gasteiger partial charge in [0.25, 0.3) is 0 Å². The second-order valence-electron chi connectivity index (χ2n) is 13.2. The van der Waals surface area contributed by atoms with Crippen molar-refractivity contribution < 1.29 is 39.1 Å². The molecule has 10 nitrogen and oxygen atoms in total. The molecule has 2 aliphatic heterocycles. The first kappa shape index (κ1) is 23.5. The van der Waals surface area contributed by atoms with Crippen molar-refractivity contribution >= 4 is 0 Å². The fourth-order valence-electron chi connectivity index (χ4n) is 9.64. The van der Waals surface area contributed by atoms with E-state index in [1.807, 2.05) is 9.80 Å². The van der Waals surface area contributed by atoms with Gasteiger partial charge in [-0.1, -0.05) is 0 Å². The van der Waals surface area contributed by atoms with E-state index in [1.165, 1.54) is 12.8 Å². The van der Waals surface area contributed by atoms with Gasteiger partial charge in [0.05, 0.1) is 0 Å². The zero-order chi connectivity index (χ0) is 23.7. The summed E-state index contributed by atoms with van der Waals surface area (Å²) in [7, 11) is 0. The van der Waals surface area contributed by atoms with Crippen LogP contribution in [0.1, 0.15) is 64.2 Å². The highest BCUT2D eigenvalue weighted by molar-refractivity contribution is 5.04. The summed E-state index contributed by atoms with van der Waals surface area (Å²) in [6.07, 6.45) is 12.0. The van der Waals surface area contributed by atoms with Gasteiger partial charge in [-0.3, -0.25) is 9.80 Å². The smallest absolute Gasteiger partial charge is 0.239 e. The van der Waals surface area contributed by atoms with E-state index >= 15 is 0 Å². The van der Waals surface area contributed by atoms with Crippen molar-refractivity contribution in [3.63, 3.8) is 0 Å². The standard InChI is InChI=1S/C26H40N2O8/c1(27-13-29-33-25(34-30-14-27)21-5-17-3-18(7-21)8-22(25)6-17)2-28-15-31-35-26(36-32-16-28)23-9-19-4-20(11-23)12-24(26)10-19/h17-24H,1-16H2. The third-order valence-corrected chi connectivity index (χ3v) is 11.0. The first-order valence-corrected chi connectivity index (χ1v) is 14.4. The average Bonchev–Trinajstić information content (AvgIpc) is 2.82. The molecule has 2 spiro atoms. The number of rotatable bonds is 3. The van der Waals surface area contributed by atoms with E-state index in [9.17, 15) is 0 Å². The van der Waals surface area contributed by atoms with E-state index in [0.29, 0.717) is 63.7 Å². The Balaban J connectivity index is 0.825. The van der Waals surface area contributed by atoms with Crippen LogP contribution in [0.25, 0.3) is 0 Å². The summed E-state index contributed by atoms with van der Waals surface area (Å²) < 4.78 is 0. The van der Waals surface area contributed by atoms with E-state index in [-0.39, 0.29) is 0 Å². The summed E-state index contributed by atoms with van der Waals surface area (Å²) in [4.78, 5) is 51.2. The van der Waals surface area contributed by atoms with Crippen molar-refractivity contribution in [2.45, 2.75) is 75.8 Å². The SMILES string of the molecule is C1C2CC3CC1CC(C2)C31OOCN(CCN2COOC3(OOC2)C2CC4CC(C2)CC3C4)COO1. The molecule has 0 aromatic rings. The summed E-state index contributed by atoms with van der Waals surface area (Å²) in [6.45, 7) is 2.65. The molecule has 36 heavy (non-hydrogen) atoms. The first-order valence-electron chi connectivity index (χ1n) is 14.4. The molecule has 10 rings (SSSR count). The molecule has 2 saturated heterocycles. The van der Waals surface area contributed by atoms with E-state index in [4.69, 9.17) is 39.1 Å². The summed E-state index contributed by atoms with van der Waals surface area (Å²) in [6, 6.07) is 0. The number of nitrogens with zero attached hydrogens (tertiary/aromatic N) is 2. The Hall–Kier alpha value is -0.400. The van der Waals surface area contributed by atoms with E-state index in [0.717, 1.165) is 75.0 Å². The molecule has 0 N–H and O–H groups in total. The molecular formula is C26H40N2O8. The van der Waals surface area contributed by atoms with Crippen LogP contribution < -0.4 is 0 Å². The van der Waals surface area contributed by atoms with Gasteiger partial charge in [0, 0.05) is 36.8 Å². The van der Waals surface area contributed by atoms with Crippen molar-refractivity contribution in [3.8, 4) is 0 Å². The normalized spacial score (nSPS) is 47.7. The Morgan fingerprint density at radius 1 is 0.417 bits per heavy atom. The van der Waals surface area contributed by atoms with Crippen LogP contribution in [0.15, 0.2) is 0 Å². The topological polar surface area (TPSA) is 80.3 Å². The van der Waals surface area contributed by atoms with Gasteiger partial charge >= 0.3 is 0 Å². The second kappa shape index (κ2) is 9.08. The van der Waals surface area contributed by atoms with Gasteiger partial charge in [-0.2, -0.15) is 19.6 Å².